The summed E-state index contributed by atoms with van der Waals surface area (Å²) in [6.45, 7) is 0.463. The first-order chi connectivity index (χ1) is 12.1. The average molecular weight is 356 g/mol. The molecule has 3 rings (SSSR count). The number of hydrogen-bond acceptors (Lipinski definition) is 5. The minimum Gasteiger partial charge on any atom is -0.467 e. The normalized spacial score (nSPS) is 10.8. The van der Waals surface area contributed by atoms with Crippen molar-refractivity contribution in [1.29, 1.82) is 0 Å². The maximum atomic E-state index is 12.3. The van der Waals surface area contributed by atoms with Crippen LogP contribution in [0.25, 0.3) is 0 Å². The van der Waals surface area contributed by atoms with E-state index in [1.165, 1.54) is 17.3 Å². The molecule has 7 heteroatoms. The molecule has 0 aliphatic heterocycles. The summed E-state index contributed by atoms with van der Waals surface area (Å²) in [5, 5.41) is 9.19. The molecule has 1 aromatic carbocycles. The maximum Gasteiger partial charge on any atom is 0.233 e. The minimum absolute atomic E-state index is 0.0222. The quantitative estimate of drug-likeness (QED) is 0.609. The molecule has 0 aliphatic rings. The molecule has 0 saturated carbocycles. The van der Waals surface area contributed by atoms with Gasteiger partial charge in [0.15, 0.2) is 5.16 Å². The molecule has 3 aromatic rings. The molecule has 130 valence electrons. The highest BCUT2D eigenvalue weighted by molar-refractivity contribution is 7.99. The predicted octanol–water partition coefficient (Wildman–Crippen LogP) is 2.75. The first kappa shape index (κ1) is 17.3. The van der Waals surface area contributed by atoms with Crippen LogP contribution in [-0.4, -0.2) is 38.4 Å². The lowest BCUT2D eigenvalue weighted by molar-refractivity contribution is -0.127. The second-order valence-corrected chi connectivity index (χ2v) is 6.68. The van der Waals surface area contributed by atoms with Crippen LogP contribution < -0.4 is 0 Å². The molecular weight excluding hydrogens is 336 g/mol. The fourth-order valence-electron chi connectivity index (χ4n) is 2.36. The van der Waals surface area contributed by atoms with Gasteiger partial charge in [-0.2, -0.15) is 0 Å². The summed E-state index contributed by atoms with van der Waals surface area (Å²) >= 11 is 1.40. The number of benzene rings is 1. The van der Waals surface area contributed by atoms with Gasteiger partial charge in [0, 0.05) is 20.5 Å². The molecule has 25 heavy (non-hydrogen) atoms. The van der Waals surface area contributed by atoms with Gasteiger partial charge in [0.25, 0.3) is 0 Å². The Morgan fingerprint density at radius 1 is 1.20 bits per heavy atom. The molecule has 0 saturated heterocycles. The van der Waals surface area contributed by atoms with Crippen LogP contribution in [-0.2, 0) is 24.8 Å². The van der Waals surface area contributed by atoms with Crippen LogP contribution in [0.2, 0.25) is 0 Å². The number of nitrogens with zero attached hydrogens (tertiary/aromatic N) is 4. The maximum absolute atomic E-state index is 12.3. The Morgan fingerprint density at radius 2 is 2.00 bits per heavy atom. The van der Waals surface area contributed by atoms with Crippen molar-refractivity contribution in [2.75, 3.05) is 12.8 Å². The first-order valence-corrected chi connectivity index (χ1v) is 8.93. The van der Waals surface area contributed by atoms with E-state index in [9.17, 15) is 4.79 Å². The standard InChI is InChI=1S/C18H20N4O2S/c1-21(12-15-9-6-10-24-15)17(23)13-25-18-20-19-16(22(18)2)11-14-7-4-3-5-8-14/h3-10H,11-13H2,1-2H3. The van der Waals surface area contributed by atoms with Crippen LogP contribution in [0, 0.1) is 0 Å². The van der Waals surface area contributed by atoms with Gasteiger partial charge in [0.1, 0.15) is 11.6 Å². The summed E-state index contributed by atoms with van der Waals surface area (Å²) in [5.41, 5.74) is 1.18. The fourth-order valence-corrected chi connectivity index (χ4v) is 3.23. The van der Waals surface area contributed by atoms with E-state index in [4.69, 9.17) is 4.42 Å². The highest BCUT2D eigenvalue weighted by Crippen LogP contribution is 2.18. The lowest BCUT2D eigenvalue weighted by Gasteiger charge is -2.15. The average Bonchev–Trinajstić information content (AvgIpc) is 3.25. The van der Waals surface area contributed by atoms with Crippen LogP contribution in [0.4, 0.5) is 0 Å². The summed E-state index contributed by atoms with van der Waals surface area (Å²) in [4.78, 5) is 13.9. The molecular formula is C18H20N4O2S. The van der Waals surface area contributed by atoms with Crippen molar-refractivity contribution < 1.29 is 9.21 Å². The number of carbonyl (C=O) groups is 1. The minimum atomic E-state index is 0.0222. The molecule has 0 N–H and O–H groups in total. The smallest absolute Gasteiger partial charge is 0.233 e. The van der Waals surface area contributed by atoms with Crippen molar-refractivity contribution in [2.24, 2.45) is 7.05 Å². The third-order valence-corrected chi connectivity index (χ3v) is 4.86. The predicted molar refractivity (Wildman–Crippen MR) is 96.2 cm³/mol. The molecule has 0 aliphatic carbocycles. The zero-order chi connectivity index (χ0) is 17.6. The van der Waals surface area contributed by atoms with Crippen LogP contribution in [0.3, 0.4) is 0 Å². The number of carbonyl (C=O) groups excluding carboxylic acids is 1. The van der Waals surface area contributed by atoms with Gasteiger partial charge in [0.05, 0.1) is 18.6 Å². The Morgan fingerprint density at radius 3 is 2.72 bits per heavy atom. The van der Waals surface area contributed by atoms with Crippen molar-refractivity contribution in [3.05, 3.63) is 65.9 Å². The van der Waals surface area contributed by atoms with Gasteiger partial charge >= 0.3 is 0 Å². The zero-order valence-corrected chi connectivity index (χ0v) is 15.1. The summed E-state index contributed by atoms with van der Waals surface area (Å²) in [6.07, 6.45) is 2.33. The van der Waals surface area contributed by atoms with Crippen LogP contribution >= 0.6 is 11.8 Å². The van der Waals surface area contributed by atoms with Gasteiger partial charge in [-0.1, -0.05) is 42.1 Å². The topological polar surface area (TPSA) is 64.2 Å². The first-order valence-electron chi connectivity index (χ1n) is 7.95. The van der Waals surface area contributed by atoms with E-state index < -0.39 is 0 Å². The molecule has 1 amide bonds. The van der Waals surface area contributed by atoms with Gasteiger partial charge in [-0.15, -0.1) is 10.2 Å². The van der Waals surface area contributed by atoms with Crippen molar-refractivity contribution in [3.63, 3.8) is 0 Å². The van der Waals surface area contributed by atoms with E-state index in [2.05, 4.69) is 22.3 Å². The second-order valence-electron chi connectivity index (χ2n) is 5.74. The number of amides is 1. The van der Waals surface area contributed by atoms with Crippen molar-refractivity contribution in [3.8, 4) is 0 Å². The van der Waals surface area contributed by atoms with Crippen LogP contribution in [0.5, 0.6) is 0 Å². The molecule has 2 aromatic heterocycles. The van der Waals surface area contributed by atoms with Gasteiger partial charge in [-0.25, -0.2) is 0 Å². The van der Waals surface area contributed by atoms with Crippen LogP contribution in [0.15, 0.2) is 58.3 Å². The second kappa shape index (κ2) is 8.02. The fraction of sp³-hybridized carbons (Fsp3) is 0.278. The summed E-state index contributed by atoms with van der Waals surface area (Å²) in [7, 11) is 3.70. The molecule has 0 unspecified atom stereocenters. The molecule has 0 bridgehead atoms. The summed E-state index contributed by atoms with van der Waals surface area (Å²) in [5.74, 6) is 1.98. The van der Waals surface area contributed by atoms with E-state index in [1.54, 1.807) is 18.2 Å². The molecule has 0 radical (unpaired) electrons. The number of aromatic nitrogens is 3. The summed E-state index contributed by atoms with van der Waals surface area (Å²) in [6, 6.07) is 13.8. The Balaban J connectivity index is 1.55. The van der Waals surface area contributed by atoms with E-state index in [0.717, 1.165) is 23.2 Å². The van der Waals surface area contributed by atoms with Gasteiger partial charge in [0.2, 0.25) is 5.91 Å². The van der Waals surface area contributed by atoms with Gasteiger partial charge in [-0.05, 0) is 17.7 Å². The Kier molecular flexibility index (Phi) is 5.55. The number of rotatable bonds is 7. The molecule has 0 atom stereocenters. The number of furan rings is 1. The zero-order valence-electron chi connectivity index (χ0n) is 14.3. The highest BCUT2D eigenvalue weighted by atomic mass is 32.2. The van der Waals surface area contributed by atoms with Crippen molar-refractivity contribution >= 4 is 17.7 Å². The number of thioether (sulfide) groups is 1. The molecule has 0 fully saturated rings. The van der Waals surface area contributed by atoms with Crippen LogP contribution in [0.1, 0.15) is 17.1 Å². The van der Waals surface area contributed by atoms with E-state index in [0.29, 0.717) is 12.3 Å². The Labute approximate surface area is 150 Å². The lowest BCUT2D eigenvalue weighted by atomic mass is 10.1. The third kappa shape index (κ3) is 4.51. The largest absolute Gasteiger partial charge is 0.467 e. The molecule has 0 spiro atoms. The molecule has 6 nitrogen and oxygen atoms in total. The van der Waals surface area contributed by atoms with E-state index >= 15 is 0 Å². The third-order valence-electron chi connectivity index (χ3n) is 3.85. The monoisotopic (exact) mass is 356 g/mol. The Hall–Kier alpha value is -2.54. The van der Waals surface area contributed by atoms with Crippen molar-refractivity contribution in [2.45, 2.75) is 18.1 Å². The highest BCUT2D eigenvalue weighted by Gasteiger charge is 2.15. The Bertz CT molecular complexity index is 815. The lowest BCUT2D eigenvalue weighted by Crippen LogP contribution is -2.27. The van der Waals surface area contributed by atoms with E-state index in [-0.39, 0.29) is 5.91 Å². The van der Waals surface area contributed by atoms with E-state index in [1.807, 2.05) is 41.9 Å². The molecule has 2 heterocycles. The van der Waals surface area contributed by atoms with Crippen molar-refractivity contribution in [1.82, 2.24) is 19.7 Å². The number of hydrogen-bond donors (Lipinski definition) is 0. The van der Waals surface area contributed by atoms with Gasteiger partial charge in [-0.3, -0.25) is 4.79 Å². The SMILES string of the molecule is CN(Cc1ccco1)C(=O)CSc1nnc(Cc2ccccc2)n1C. The van der Waals surface area contributed by atoms with Gasteiger partial charge < -0.3 is 13.9 Å². The summed E-state index contributed by atoms with van der Waals surface area (Å²) < 4.78 is 7.21.